The van der Waals surface area contributed by atoms with Crippen LogP contribution < -0.4 is 11.1 Å². The van der Waals surface area contributed by atoms with Crippen molar-refractivity contribution in [2.24, 2.45) is 5.73 Å². The third-order valence-corrected chi connectivity index (χ3v) is 6.88. The minimum Gasteiger partial charge on any atom is -0.390 e. The van der Waals surface area contributed by atoms with E-state index in [-0.39, 0.29) is 12.0 Å². The molecule has 3 rings (SSSR count). The Hall–Kier alpha value is -1.34. The van der Waals surface area contributed by atoms with E-state index in [4.69, 9.17) is 5.73 Å². The van der Waals surface area contributed by atoms with E-state index in [9.17, 15) is 13.9 Å². The van der Waals surface area contributed by atoms with Crippen LogP contribution in [0.5, 0.6) is 0 Å². The Bertz CT molecular complexity index is 753. The highest BCUT2D eigenvalue weighted by molar-refractivity contribution is 7.10. The first kappa shape index (κ1) is 21.4. The second-order valence-electron chi connectivity index (χ2n) is 7.89. The highest BCUT2D eigenvalue weighted by atomic mass is 32.1. The van der Waals surface area contributed by atoms with Crippen LogP contribution in [0.25, 0.3) is 0 Å². The SMILES string of the molecule is CCc1cc(C2(NC[C@@H](O)[C@@H](N)Cc3cc(F)cc(F)c3)CCCCC2)cs1. The number of aliphatic hydroxyl groups excluding tert-OH is 1. The molecule has 2 atom stereocenters. The summed E-state index contributed by atoms with van der Waals surface area (Å²) in [7, 11) is 0. The molecule has 1 saturated carbocycles. The molecular weight excluding hydrogens is 378 g/mol. The van der Waals surface area contributed by atoms with Crippen molar-refractivity contribution in [2.75, 3.05) is 6.54 Å². The number of aliphatic hydroxyl groups is 1. The first-order chi connectivity index (χ1) is 13.4. The van der Waals surface area contributed by atoms with Crippen molar-refractivity contribution >= 4 is 11.3 Å². The second-order valence-corrected chi connectivity index (χ2v) is 8.89. The van der Waals surface area contributed by atoms with Crippen molar-refractivity contribution in [2.45, 2.75) is 69.6 Å². The lowest BCUT2D eigenvalue weighted by molar-refractivity contribution is 0.117. The van der Waals surface area contributed by atoms with Crippen LogP contribution in [-0.4, -0.2) is 23.8 Å². The third kappa shape index (κ3) is 5.17. The average molecular weight is 409 g/mol. The van der Waals surface area contributed by atoms with E-state index in [1.807, 2.05) is 0 Å². The van der Waals surface area contributed by atoms with Crippen molar-refractivity contribution in [3.8, 4) is 0 Å². The first-order valence-corrected chi connectivity index (χ1v) is 11.0. The number of rotatable bonds is 8. The number of thiophene rings is 1. The van der Waals surface area contributed by atoms with Gasteiger partial charge in [-0.15, -0.1) is 11.3 Å². The van der Waals surface area contributed by atoms with Crippen LogP contribution in [0.15, 0.2) is 29.6 Å². The number of nitrogens with two attached hydrogens (primary N) is 1. The molecule has 154 valence electrons. The zero-order chi connectivity index (χ0) is 20.1. The van der Waals surface area contributed by atoms with Crippen molar-refractivity contribution in [3.05, 3.63) is 57.3 Å². The number of hydrogen-bond acceptors (Lipinski definition) is 4. The maximum absolute atomic E-state index is 13.4. The van der Waals surface area contributed by atoms with Crippen LogP contribution in [0.1, 0.15) is 55.0 Å². The molecule has 6 heteroatoms. The van der Waals surface area contributed by atoms with Gasteiger partial charge in [-0.05, 0) is 60.4 Å². The molecule has 1 aromatic heterocycles. The van der Waals surface area contributed by atoms with Gasteiger partial charge in [0.05, 0.1) is 6.10 Å². The summed E-state index contributed by atoms with van der Waals surface area (Å²) in [6.07, 6.45) is 6.11. The molecular formula is C22H30F2N2OS. The highest BCUT2D eigenvalue weighted by Gasteiger charge is 2.35. The second kappa shape index (κ2) is 9.44. The fourth-order valence-corrected chi connectivity index (χ4v) is 5.06. The van der Waals surface area contributed by atoms with Crippen molar-refractivity contribution < 1.29 is 13.9 Å². The molecule has 2 aromatic rings. The smallest absolute Gasteiger partial charge is 0.126 e. The zero-order valence-corrected chi connectivity index (χ0v) is 17.2. The predicted molar refractivity (Wildman–Crippen MR) is 111 cm³/mol. The average Bonchev–Trinajstić information content (AvgIpc) is 3.16. The van der Waals surface area contributed by atoms with Gasteiger partial charge in [0.1, 0.15) is 11.6 Å². The molecule has 0 bridgehead atoms. The van der Waals surface area contributed by atoms with Gasteiger partial charge in [-0.1, -0.05) is 26.2 Å². The number of benzene rings is 1. The van der Waals surface area contributed by atoms with E-state index >= 15 is 0 Å². The molecule has 1 aliphatic carbocycles. The van der Waals surface area contributed by atoms with Crippen LogP contribution >= 0.6 is 11.3 Å². The molecule has 4 N–H and O–H groups in total. The molecule has 0 spiro atoms. The van der Waals surface area contributed by atoms with E-state index in [1.165, 1.54) is 29.0 Å². The minimum atomic E-state index is -0.797. The third-order valence-electron chi connectivity index (χ3n) is 5.80. The monoisotopic (exact) mass is 408 g/mol. The Morgan fingerprint density at radius 2 is 1.82 bits per heavy atom. The molecule has 0 saturated heterocycles. The van der Waals surface area contributed by atoms with E-state index in [2.05, 4.69) is 23.7 Å². The largest absolute Gasteiger partial charge is 0.390 e. The van der Waals surface area contributed by atoms with Crippen LogP contribution in [0, 0.1) is 11.6 Å². The molecule has 0 aliphatic heterocycles. The Morgan fingerprint density at radius 1 is 1.14 bits per heavy atom. The van der Waals surface area contributed by atoms with E-state index in [1.54, 1.807) is 11.3 Å². The molecule has 1 aliphatic rings. The summed E-state index contributed by atoms with van der Waals surface area (Å²) >= 11 is 1.79. The van der Waals surface area contributed by atoms with Gasteiger partial charge in [0, 0.05) is 29.1 Å². The highest BCUT2D eigenvalue weighted by Crippen LogP contribution is 2.39. The van der Waals surface area contributed by atoms with Gasteiger partial charge in [-0.3, -0.25) is 0 Å². The Labute approximate surface area is 170 Å². The first-order valence-electron chi connectivity index (χ1n) is 10.1. The van der Waals surface area contributed by atoms with Crippen molar-refractivity contribution in [3.63, 3.8) is 0 Å². The van der Waals surface area contributed by atoms with Crippen LogP contribution in [-0.2, 0) is 18.4 Å². The molecule has 1 aromatic carbocycles. The normalized spacial score (nSPS) is 18.8. The van der Waals surface area contributed by atoms with Crippen molar-refractivity contribution in [1.82, 2.24) is 5.32 Å². The summed E-state index contributed by atoms with van der Waals surface area (Å²) < 4.78 is 26.8. The van der Waals surface area contributed by atoms with Gasteiger partial charge in [0.25, 0.3) is 0 Å². The number of nitrogens with one attached hydrogen (secondary N) is 1. The van der Waals surface area contributed by atoms with E-state index in [0.29, 0.717) is 12.1 Å². The fraction of sp³-hybridized carbons (Fsp3) is 0.545. The molecule has 0 amide bonds. The molecule has 1 fully saturated rings. The number of hydrogen-bond donors (Lipinski definition) is 3. The standard InChI is InChI=1S/C22H30F2N2OS/c1-2-19-11-16(14-28-19)22(6-4-3-5-7-22)26-13-21(27)20(25)10-15-8-17(23)12-18(24)9-15/h8-9,11-12,14,20-21,26-27H,2-7,10,13,25H2,1H3/t20-,21+/m0/s1. The summed E-state index contributed by atoms with van der Waals surface area (Å²) in [5.74, 6) is -1.25. The Kier molecular flexibility index (Phi) is 7.20. The minimum absolute atomic E-state index is 0.117. The number of halogens is 2. The van der Waals surface area contributed by atoms with Gasteiger partial charge in [-0.2, -0.15) is 0 Å². The van der Waals surface area contributed by atoms with Gasteiger partial charge in [0.15, 0.2) is 0 Å². The summed E-state index contributed by atoms with van der Waals surface area (Å²) in [4.78, 5) is 1.37. The fourth-order valence-electron chi connectivity index (χ4n) is 4.13. The summed E-state index contributed by atoms with van der Waals surface area (Å²) in [5.41, 5.74) is 7.79. The predicted octanol–water partition coefficient (Wildman–Crippen LogP) is 4.27. The molecule has 0 radical (unpaired) electrons. The molecule has 1 heterocycles. The lowest BCUT2D eigenvalue weighted by Crippen LogP contribution is -2.51. The van der Waals surface area contributed by atoms with Gasteiger partial charge in [-0.25, -0.2) is 8.78 Å². The van der Waals surface area contributed by atoms with E-state index < -0.39 is 23.8 Å². The van der Waals surface area contributed by atoms with Gasteiger partial charge < -0.3 is 16.2 Å². The number of aryl methyl sites for hydroxylation is 1. The topological polar surface area (TPSA) is 58.3 Å². The lowest BCUT2D eigenvalue weighted by atomic mass is 9.77. The van der Waals surface area contributed by atoms with Crippen LogP contribution in [0.2, 0.25) is 0 Å². The Morgan fingerprint density at radius 3 is 2.43 bits per heavy atom. The van der Waals surface area contributed by atoms with Gasteiger partial charge in [0.2, 0.25) is 0 Å². The maximum atomic E-state index is 13.4. The molecule has 3 nitrogen and oxygen atoms in total. The zero-order valence-electron chi connectivity index (χ0n) is 16.4. The molecule has 0 unspecified atom stereocenters. The molecule has 28 heavy (non-hydrogen) atoms. The van der Waals surface area contributed by atoms with Gasteiger partial charge >= 0.3 is 0 Å². The summed E-state index contributed by atoms with van der Waals surface area (Å²) in [6.45, 7) is 2.52. The summed E-state index contributed by atoms with van der Waals surface area (Å²) in [5, 5.41) is 16.4. The lowest BCUT2D eigenvalue weighted by Gasteiger charge is -2.39. The maximum Gasteiger partial charge on any atom is 0.126 e. The van der Waals surface area contributed by atoms with Crippen LogP contribution in [0.3, 0.4) is 0 Å². The van der Waals surface area contributed by atoms with E-state index in [0.717, 1.165) is 38.2 Å². The van der Waals surface area contributed by atoms with Crippen molar-refractivity contribution in [1.29, 1.82) is 0 Å². The summed E-state index contributed by atoms with van der Waals surface area (Å²) in [6, 6.07) is 5.06. The van der Waals surface area contributed by atoms with Crippen LogP contribution in [0.4, 0.5) is 8.78 Å². The Balaban J connectivity index is 1.65. The quantitative estimate of drug-likeness (QED) is 0.611.